The molecule has 0 spiro atoms. The lowest BCUT2D eigenvalue weighted by Crippen LogP contribution is -2.29. The number of fused-ring (bicyclic) bond motifs is 3. The lowest BCUT2D eigenvalue weighted by atomic mass is 9.58. The first-order valence-corrected chi connectivity index (χ1v) is 16.2. The van der Waals surface area contributed by atoms with Crippen molar-refractivity contribution in [3.05, 3.63) is 92.7 Å². The second-order valence-corrected chi connectivity index (χ2v) is 13.3. The molecule has 0 unspecified atom stereocenters. The average Bonchev–Trinajstić information content (AvgIpc) is 3.77. The van der Waals surface area contributed by atoms with Crippen LogP contribution in [0.1, 0.15) is 45.2 Å². The van der Waals surface area contributed by atoms with Crippen LogP contribution in [0.4, 0.5) is 0 Å². The molecule has 39 heavy (non-hydrogen) atoms. The van der Waals surface area contributed by atoms with Gasteiger partial charge in [0.2, 0.25) is 0 Å². The second-order valence-electron chi connectivity index (χ2n) is 9.83. The van der Waals surface area contributed by atoms with Gasteiger partial charge in [-0.1, -0.05) is 12.1 Å². The molecule has 0 fully saturated rings. The van der Waals surface area contributed by atoms with Gasteiger partial charge in [-0.05, 0) is 80.5 Å². The van der Waals surface area contributed by atoms with Crippen LogP contribution in [0, 0.1) is 0 Å². The van der Waals surface area contributed by atoms with E-state index in [0.717, 1.165) is 33.1 Å². The van der Waals surface area contributed by atoms with E-state index in [1.54, 1.807) is 22.7 Å². The maximum atomic E-state index is 4.93. The zero-order valence-corrected chi connectivity index (χ0v) is 23.7. The summed E-state index contributed by atoms with van der Waals surface area (Å²) in [6.45, 7) is 0. The summed E-state index contributed by atoms with van der Waals surface area (Å²) in [6, 6.07) is 17.8. The number of hydrogen-bond acceptors (Lipinski definition) is 11. The van der Waals surface area contributed by atoms with Crippen molar-refractivity contribution in [2.24, 2.45) is 0 Å². The van der Waals surface area contributed by atoms with Gasteiger partial charge in [-0.2, -0.15) is 26.2 Å². The van der Waals surface area contributed by atoms with Crippen molar-refractivity contribution in [1.82, 2.24) is 26.2 Å². The molecule has 0 atom stereocenters. The summed E-state index contributed by atoms with van der Waals surface area (Å²) in [7, 11) is 0. The largest absolute Gasteiger partial charge is 0.173 e. The third kappa shape index (κ3) is 2.69. The van der Waals surface area contributed by atoms with E-state index in [1.165, 1.54) is 89.4 Å². The van der Waals surface area contributed by atoms with Crippen LogP contribution in [-0.4, -0.2) is 26.2 Å². The smallest absolute Gasteiger partial charge is 0.114 e. The summed E-state index contributed by atoms with van der Waals surface area (Å²) in [5.74, 6) is 0.0447. The molecule has 3 aliphatic carbocycles. The summed E-state index contributed by atoms with van der Waals surface area (Å²) in [5.41, 5.74) is 16.1. The Morgan fingerprint density at radius 3 is 1.23 bits per heavy atom. The summed E-state index contributed by atoms with van der Waals surface area (Å²) < 4.78 is 28.4. The number of benzene rings is 3. The SMILES string of the molecule is c1csc(-c2c3c(c(-c4cccs4)c4nsnc24)C2c4cc5nsnc5cc4C3c3cc4nsnc4cc32)c1. The molecule has 11 rings (SSSR count). The highest BCUT2D eigenvalue weighted by molar-refractivity contribution is 7.14. The van der Waals surface area contributed by atoms with Gasteiger partial charge in [0, 0.05) is 32.7 Å². The van der Waals surface area contributed by atoms with Crippen molar-refractivity contribution in [3.8, 4) is 20.9 Å². The van der Waals surface area contributed by atoms with E-state index in [2.05, 4.69) is 76.8 Å². The third-order valence-electron chi connectivity index (χ3n) is 8.06. The Balaban J connectivity index is 1.45. The number of rotatable bonds is 2. The molecule has 5 heterocycles. The average molecular weight is 593 g/mol. The Morgan fingerprint density at radius 1 is 0.487 bits per heavy atom. The monoisotopic (exact) mass is 592 g/mol. The Labute approximate surface area is 241 Å². The second kappa shape index (κ2) is 7.58. The fraction of sp³-hybridized carbons (Fsp3) is 0.0714. The molecule has 0 amide bonds. The Morgan fingerprint density at radius 2 is 0.872 bits per heavy atom. The molecule has 0 radical (unpaired) electrons. The maximum Gasteiger partial charge on any atom is 0.114 e. The molecule has 11 heteroatoms. The van der Waals surface area contributed by atoms with Crippen molar-refractivity contribution < 1.29 is 0 Å². The fourth-order valence-electron chi connectivity index (χ4n) is 6.67. The van der Waals surface area contributed by atoms with E-state index in [0.29, 0.717) is 0 Å². The van der Waals surface area contributed by atoms with E-state index in [1.807, 2.05) is 0 Å². The Kier molecular flexibility index (Phi) is 4.15. The Bertz CT molecular complexity index is 2020. The van der Waals surface area contributed by atoms with Gasteiger partial charge < -0.3 is 0 Å². The zero-order chi connectivity index (χ0) is 25.2. The molecule has 5 aromatic heterocycles. The number of hydrogen-bond donors (Lipinski definition) is 0. The van der Waals surface area contributed by atoms with Crippen LogP contribution in [0.5, 0.6) is 0 Å². The topological polar surface area (TPSA) is 77.3 Å². The minimum Gasteiger partial charge on any atom is -0.173 e. The van der Waals surface area contributed by atoms with E-state index >= 15 is 0 Å². The molecule has 2 bridgehead atoms. The van der Waals surface area contributed by atoms with Gasteiger partial charge in [0.15, 0.2) is 0 Å². The first-order chi connectivity index (χ1) is 19.3. The van der Waals surface area contributed by atoms with Crippen LogP contribution < -0.4 is 0 Å². The standard InChI is InChI=1S/C28H12N6S5/c1-3-19(35-5-1)23-25-21-11-7-15-17(31-37-29-15)9-13(11)22(14-10-18-16(8-12(14)21)30-38-32-18)26(25)24(20-4-2-6-36-20)28-27(23)33-39-34-28/h1-10,21-22H. The van der Waals surface area contributed by atoms with Crippen LogP contribution in [0.3, 0.4) is 0 Å². The summed E-state index contributed by atoms with van der Waals surface area (Å²) in [6.07, 6.45) is 0. The molecule has 0 N–H and O–H groups in total. The molecular formula is C28H12N6S5. The molecule has 6 nitrogen and oxygen atoms in total. The van der Waals surface area contributed by atoms with Gasteiger partial charge in [-0.3, -0.25) is 0 Å². The van der Waals surface area contributed by atoms with Crippen molar-refractivity contribution in [2.75, 3.05) is 0 Å². The van der Waals surface area contributed by atoms with Gasteiger partial charge in [-0.15, -0.1) is 22.7 Å². The fourth-order valence-corrected chi connectivity index (χ4v) is 9.81. The van der Waals surface area contributed by atoms with Crippen molar-refractivity contribution >= 4 is 91.0 Å². The molecule has 3 aliphatic rings. The molecule has 184 valence electrons. The lowest BCUT2D eigenvalue weighted by Gasteiger charge is -2.44. The molecule has 0 saturated carbocycles. The lowest BCUT2D eigenvalue weighted by molar-refractivity contribution is 0.763. The van der Waals surface area contributed by atoms with E-state index < -0.39 is 0 Å². The predicted octanol–water partition coefficient (Wildman–Crippen LogP) is 8.14. The number of aromatic nitrogens is 6. The summed E-state index contributed by atoms with van der Waals surface area (Å²) in [4.78, 5) is 2.45. The van der Waals surface area contributed by atoms with Gasteiger partial charge >= 0.3 is 0 Å². The quantitative estimate of drug-likeness (QED) is 0.202. The van der Waals surface area contributed by atoms with Crippen LogP contribution >= 0.6 is 57.9 Å². The molecule has 3 aromatic carbocycles. The molecule has 0 saturated heterocycles. The first kappa shape index (κ1) is 21.4. The highest BCUT2D eigenvalue weighted by atomic mass is 32.1. The van der Waals surface area contributed by atoms with Gasteiger partial charge in [0.1, 0.15) is 33.1 Å². The van der Waals surface area contributed by atoms with Crippen molar-refractivity contribution in [1.29, 1.82) is 0 Å². The number of thiophene rings is 2. The molecular weight excluding hydrogens is 581 g/mol. The normalized spacial score (nSPS) is 17.2. The third-order valence-corrected chi connectivity index (χ3v) is 11.5. The minimum absolute atomic E-state index is 0.0223. The van der Waals surface area contributed by atoms with Crippen LogP contribution in [0.2, 0.25) is 0 Å². The van der Waals surface area contributed by atoms with Crippen molar-refractivity contribution in [2.45, 2.75) is 11.8 Å². The van der Waals surface area contributed by atoms with Crippen molar-refractivity contribution in [3.63, 3.8) is 0 Å². The summed E-state index contributed by atoms with van der Waals surface area (Å²) >= 11 is 7.39. The first-order valence-electron chi connectivity index (χ1n) is 12.3. The Hall–Kier alpha value is -3.48. The van der Waals surface area contributed by atoms with Crippen LogP contribution in [0.15, 0.2) is 59.3 Å². The van der Waals surface area contributed by atoms with E-state index in [4.69, 9.17) is 8.75 Å². The molecule has 0 aliphatic heterocycles. The number of nitrogens with zero attached hydrogens (tertiary/aromatic N) is 6. The van der Waals surface area contributed by atoms with Crippen LogP contribution in [-0.2, 0) is 0 Å². The van der Waals surface area contributed by atoms with E-state index in [-0.39, 0.29) is 11.8 Å². The highest BCUT2D eigenvalue weighted by Crippen LogP contribution is 2.62. The zero-order valence-electron chi connectivity index (χ0n) is 19.7. The highest BCUT2D eigenvalue weighted by Gasteiger charge is 2.46. The predicted molar refractivity (Wildman–Crippen MR) is 161 cm³/mol. The maximum absolute atomic E-state index is 4.93. The minimum atomic E-state index is 0.0223. The summed E-state index contributed by atoms with van der Waals surface area (Å²) in [5, 5.41) is 4.30. The van der Waals surface area contributed by atoms with Crippen LogP contribution in [0.25, 0.3) is 54.0 Å². The van der Waals surface area contributed by atoms with Gasteiger partial charge in [0.25, 0.3) is 0 Å². The van der Waals surface area contributed by atoms with Gasteiger partial charge in [0.05, 0.1) is 35.2 Å². The van der Waals surface area contributed by atoms with E-state index in [9.17, 15) is 0 Å². The van der Waals surface area contributed by atoms with Gasteiger partial charge in [-0.25, -0.2) is 0 Å². The molecule has 8 aromatic rings.